The van der Waals surface area contributed by atoms with E-state index in [2.05, 4.69) is 26.0 Å². The molecule has 0 fully saturated rings. The van der Waals surface area contributed by atoms with Crippen LogP contribution < -0.4 is 0 Å². The van der Waals surface area contributed by atoms with Crippen LogP contribution in [0.3, 0.4) is 0 Å². The minimum absolute atomic E-state index is 0.190. The van der Waals surface area contributed by atoms with Crippen LogP contribution in [0.15, 0.2) is 12.1 Å². The second kappa shape index (κ2) is 6.95. The molecular weight excluding hydrogens is 228 g/mol. The van der Waals surface area contributed by atoms with Gasteiger partial charge in [-0.25, -0.2) is 0 Å². The number of carbonyl (C=O) groups excluding carboxylic acids is 1. The van der Waals surface area contributed by atoms with E-state index < -0.39 is 0 Å². The fraction of sp³-hybridized carbons (Fsp3) is 0.667. The van der Waals surface area contributed by atoms with Crippen LogP contribution in [-0.4, -0.2) is 5.78 Å². The lowest BCUT2D eigenvalue weighted by atomic mass is 10.0. The lowest BCUT2D eigenvalue weighted by Gasteiger charge is -2.03. The monoisotopic (exact) mass is 252 g/mol. The summed E-state index contributed by atoms with van der Waals surface area (Å²) in [5, 5.41) is 0. The zero-order chi connectivity index (χ0) is 12.8. The second-order valence-corrected chi connectivity index (χ2v) is 6.69. The van der Waals surface area contributed by atoms with Crippen molar-refractivity contribution >= 4 is 17.1 Å². The lowest BCUT2D eigenvalue weighted by Crippen LogP contribution is -2.06. The van der Waals surface area contributed by atoms with Crippen LogP contribution in [0, 0.1) is 11.8 Å². The minimum atomic E-state index is 0.190. The summed E-state index contributed by atoms with van der Waals surface area (Å²) in [6.07, 6.45) is 3.96. The van der Waals surface area contributed by atoms with E-state index in [4.69, 9.17) is 0 Å². The van der Waals surface area contributed by atoms with Crippen molar-refractivity contribution in [1.29, 1.82) is 0 Å². The van der Waals surface area contributed by atoms with Gasteiger partial charge in [0.1, 0.15) is 5.78 Å². The Kier molecular flexibility index (Phi) is 5.90. The molecule has 0 bridgehead atoms. The molecule has 96 valence electrons. The van der Waals surface area contributed by atoms with Gasteiger partial charge in [0, 0.05) is 22.1 Å². The zero-order valence-corrected chi connectivity index (χ0v) is 12.3. The van der Waals surface area contributed by atoms with Crippen LogP contribution in [-0.2, 0) is 17.6 Å². The molecule has 0 N–H and O–H groups in total. The zero-order valence-electron chi connectivity index (χ0n) is 11.5. The summed E-state index contributed by atoms with van der Waals surface area (Å²) in [5.74, 6) is 1.31. The van der Waals surface area contributed by atoms with Crippen LogP contribution in [0.4, 0.5) is 0 Å². The molecule has 0 amide bonds. The Morgan fingerprint density at radius 1 is 1.18 bits per heavy atom. The Morgan fingerprint density at radius 3 is 2.41 bits per heavy atom. The van der Waals surface area contributed by atoms with E-state index >= 15 is 0 Å². The topological polar surface area (TPSA) is 17.1 Å². The molecule has 1 aromatic rings. The molecule has 1 heterocycles. The van der Waals surface area contributed by atoms with E-state index in [9.17, 15) is 4.79 Å². The van der Waals surface area contributed by atoms with Crippen LogP contribution in [0.5, 0.6) is 0 Å². The maximum absolute atomic E-state index is 11.5. The molecule has 2 heteroatoms. The van der Waals surface area contributed by atoms with E-state index in [-0.39, 0.29) is 5.92 Å². The molecule has 0 aliphatic heterocycles. The normalized spacial score (nSPS) is 11.4. The number of hydrogen-bond acceptors (Lipinski definition) is 2. The molecule has 1 rings (SSSR count). The summed E-state index contributed by atoms with van der Waals surface area (Å²) in [6.45, 7) is 8.46. The second-order valence-electron chi connectivity index (χ2n) is 5.44. The first kappa shape index (κ1) is 14.4. The number of aryl methyl sites for hydroxylation is 1. The van der Waals surface area contributed by atoms with E-state index in [1.54, 1.807) is 0 Å². The number of hydrogen-bond donors (Lipinski definition) is 0. The van der Waals surface area contributed by atoms with Gasteiger partial charge in [0.25, 0.3) is 0 Å². The highest BCUT2D eigenvalue weighted by molar-refractivity contribution is 7.11. The predicted molar refractivity (Wildman–Crippen MR) is 75.6 cm³/mol. The quantitative estimate of drug-likeness (QED) is 0.698. The van der Waals surface area contributed by atoms with Crippen molar-refractivity contribution in [3.8, 4) is 0 Å². The van der Waals surface area contributed by atoms with Crippen molar-refractivity contribution < 1.29 is 4.79 Å². The summed E-state index contributed by atoms with van der Waals surface area (Å²) in [5.41, 5.74) is 0. The van der Waals surface area contributed by atoms with Gasteiger partial charge in [0.2, 0.25) is 0 Å². The van der Waals surface area contributed by atoms with Gasteiger partial charge in [0.05, 0.1) is 0 Å². The first-order chi connectivity index (χ1) is 7.99. The van der Waals surface area contributed by atoms with Gasteiger partial charge in [0.15, 0.2) is 0 Å². The molecule has 0 saturated heterocycles. The van der Waals surface area contributed by atoms with Gasteiger partial charge < -0.3 is 0 Å². The van der Waals surface area contributed by atoms with Crippen LogP contribution in [0.2, 0.25) is 0 Å². The first-order valence-corrected chi connectivity index (χ1v) is 7.41. The predicted octanol–water partition coefficient (Wildman–Crippen LogP) is 4.49. The number of rotatable bonds is 7. The number of carbonyl (C=O) groups is 1. The molecule has 17 heavy (non-hydrogen) atoms. The Hall–Kier alpha value is -0.630. The summed E-state index contributed by atoms with van der Waals surface area (Å²) in [6, 6.07) is 4.46. The SMILES string of the molecule is CC(C)Cc1ccc(CCCC(=O)C(C)C)s1. The molecule has 0 atom stereocenters. The summed E-state index contributed by atoms with van der Waals surface area (Å²) < 4.78 is 0. The van der Waals surface area contributed by atoms with Gasteiger partial charge in [-0.15, -0.1) is 11.3 Å². The van der Waals surface area contributed by atoms with Crippen molar-refractivity contribution in [1.82, 2.24) is 0 Å². The molecule has 0 saturated carbocycles. The van der Waals surface area contributed by atoms with Crippen LogP contribution >= 0.6 is 11.3 Å². The Balaban J connectivity index is 2.32. The molecule has 0 aliphatic carbocycles. The molecular formula is C15H24OS. The van der Waals surface area contributed by atoms with E-state index in [0.717, 1.165) is 25.2 Å². The van der Waals surface area contributed by atoms with E-state index in [1.807, 2.05) is 25.2 Å². The smallest absolute Gasteiger partial charge is 0.135 e. The Bertz CT molecular complexity index is 350. The minimum Gasteiger partial charge on any atom is -0.299 e. The van der Waals surface area contributed by atoms with E-state index in [0.29, 0.717) is 5.78 Å². The van der Waals surface area contributed by atoms with Crippen molar-refractivity contribution in [3.05, 3.63) is 21.9 Å². The summed E-state index contributed by atoms with van der Waals surface area (Å²) in [7, 11) is 0. The molecule has 0 spiro atoms. The van der Waals surface area contributed by atoms with Crippen molar-refractivity contribution in [2.45, 2.75) is 53.4 Å². The Morgan fingerprint density at radius 2 is 1.82 bits per heavy atom. The van der Waals surface area contributed by atoms with Crippen molar-refractivity contribution in [2.75, 3.05) is 0 Å². The van der Waals surface area contributed by atoms with Gasteiger partial charge in [-0.3, -0.25) is 4.79 Å². The standard InChI is InChI=1S/C15H24OS/c1-11(2)10-14-9-8-13(17-14)6-5-7-15(16)12(3)4/h8-9,11-12H,5-7,10H2,1-4H3. The average molecular weight is 252 g/mol. The van der Waals surface area contributed by atoms with Gasteiger partial charge in [-0.2, -0.15) is 0 Å². The molecule has 1 aromatic heterocycles. The third-order valence-electron chi connectivity index (χ3n) is 2.82. The lowest BCUT2D eigenvalue weighted by molar-refractivity contribution is -0.121. The Labute approximate surface area is 109 Å². The van der Waals surface area contributed by atoms with Gasteiger partial charge in [-0.1, -0.05) is 27.7 Å². The highest BCUT2D eigenvalue weighted by Gasteiger charge is 2.07. The number of thiophene rings is 1. The maximum Gasteiger partial charge on any atom is 0.135 e. The highest BCUT2D eigenvalue weighted by Crippen LogP contribution is 2.21. The average Bonchev–Trinajstić information content (AvgIpc) is 2.64. The fourth-order valence-electron chi connectivity index (χ4n) is 1.79. The fourth-order valence-corrected chi connectivity index (χ4v) is 3.07. The number of Topliss-reactive ketones (excluding diaryl/α,β-unsaturated/α-hetero) is 1. The van der Waals surface area contributed by atoms with Crippen LogP contribution in [0.25, 0.3) is 0 Å². The van der Waals surface area contributed by atoms with Crippen LogP contribution in [0.1, 0.15) is 50.3 Å². The molecule has 0 aromatic carbocycles. The summed E-state index contributed by atoms with van der Waals surface area (Å²) in [4.78, 5) is 14.4. The van der Waals surface area contributed by atoms with Gasteiger partial charge >= 0.3 is 0 Å². The molecule has 0 unspecified atom stereocenters. The third kappa shape index (κ3) is 5.49. The largest absolute Gasteiger partial charge is 0.299 e. The van der Waals surface area contributed by atoms with Crippen molar-refractivity contribution in [2.24, 2.45) is 11.8 Å². The molecule has 1 nitrogen and oxygen atoms in total. The first-order valence-electron chi connectivity index (χ1n) is 6.59. The maximum atomic E-state index is 11.5. The highest BCUT2D eigenvalue weighted by atomic mass is 32.1. The van der Waals surface area contributed by atoms with Gasteiger partial charge in [-0.05, 0) is 37.3 Å². The number of ketones is 1. The van der Waals surface area contributed by atoms with Crippen molar-refractivity contribution in [3.63, 3.8) is 0 Å². The molecule has 0 aliphatic rings. The summed E-state index contributed by atoms with van der Waals surface area (Å²) >= 11 is 1.91. The van der Waals surface area contributed by atoms with E-state index in [1.165, 1.54) is 16.2 Å². The third-order valence-corrected chi connectivity index (χ3v) is 3.98. The molecule has 0 radical (unpaired) electrons.